The Hall–Kier alpha value is -0.140. The quantitative estimate of drug-likeness (QED) is 0.640. The monoisotopic (exact) mass is 282 g/mol. The van der Waals surface area contributed by atoms with Crippen LogP contribution in [0.25, 0.3) is 0 Å². The molecule has 1 fully saturated rings. The number of hydrogen-bond acceptors (Lipinski definition) is 1. The molecule has 1 aliphatic rings. The smallest absolute Gasteiger partial charge is 0.0458 e. The van der Waals surface area contributed by atoms with Gasteiger partial charge in [-0.05, 0) is 62.8 Å². The summed E-state index contributed by atoms with van der Waals surface area (Å²) in [5, 5.41) is 0.947. The molecule has 0 unspecified atom stereocenters. The molecule has 2 heteroatoms. The first-order valence-electron chi connectivity index (χ1n) is 6.89. The highest BCUT2D eigenvalue weighted by atomic mass is 35.5. The Morgan fingerprint density at radius 3 is 2.11 bits per heavy atom. The van der Waals surface area contributed by atoms with Crippen LogP contribution in [0.2, 0.25) is 0 Å². The molecule has 1 aromatic rings. The Kier molecular flexibility index (Phi) is 4.66. The molecule has 0 bridgehead atoms. The normalized spacial score (nSPS) is 24.3. The van der Waals surface area contributed by atoms with E-state index in [0.29, 0.717) is 10.6 Å². The lowest BCUT2D eigenvalue weighted by atomic mass is 10.00. The third-order valence-electron chi connectivity index (χ3n) is 4.19. The minimum Gasteiger partial charge on any atom is -0.122 e. The van der Waals surface area contributed by atoms with E-state index in [4.69, 9.17) is 11.6 Å². The summed E-state index contributed by atoms with van der Waals surface area (Å²) in [6.07, 6.45) is 5.09. The Labute approximate surface area is 121 Å². The zero-order chi connectivity index (χ0) is 13.3. The number of thioether (sulfide) groups is 1. The predicted octanol–water partition coefficient (Wildman–Crippen LogP) is 5.56. The van der Waals surface area contributed by atoms with Crippen LogP contribution in [-0.4, -0.2) is 10.6 Å². The number of aryl methyl sites for hydroxylation is 2. The molecule has 0 saturated heterocycles. The second kappa shape index (κ2) is 5.88. The van der Waals surface area contributed by atoms with Gasteiger partial charge in [0, 0.05) is 15.5 Å². The van der Waals surface area contributed by atoms with Crippen LogP contribution in [0.5, 0.6) is 0 Å². The fraction of sp³-hybridized carbons (Fsp3) is 0.625. The van der Waals surface area contributed by atoms with E-state index in [2.05, 4.69) is 33.8 Å². The fourth-order valence-corrected chi connectivity index (χ4v) is 4.67. The van der Waals surface area contributed by atoms with Crippen LogP contribution >= 0.6 is 23.4 Å². The van der Waals surface area contributed by atoms with Gasteiger partial charge in [-0.15, -0.1) is 23.4 Å². The van der Waals surface area contributed by atoms with E-state index in [1.54, 1.807) is 0 Å². The molecule has 100 valence electrons. The summed E-state index contributed by atoms with van der Waals surface area (Å²) in [7, 11) is 0. The lowest BCUT2D eigenvalue weighted by Crippen LogP contribution is -2.22. The van der Waals surface area contributed by atoms with Gasteiger partial charge in [-0.1, -0.05) is 18.9 Å². The number of benzene rings is 1. The van der Waals surface area contributed by atoms with Gasteiger partial charge in [0.2, 0.25) is 0 Å². The number of halogens is 1. The molecule has 0 nitrogen and oxygen atoms in total. The fourth-order valence-electron chi connectivity index (χ4n) is 2.69. The standard InChI is InChI=1S/C16H23ClS/c1-10-9-11(2)13(4)16(12(10)3)18-15-8-6-5-7-14(15)17/h9,14-15H,5-8H2,1-4H3/t14-,15+/m1/s1. The zero-order valence-corrected chi connectivity index (χ0v) is 13.4. The van der Waals surface area contributed by atoms with Crippen molar-refractivity contribution in [2.45, 2.75) is 68.9 Å². The first-order chi connectivity index (χ1) is 8.50. The summed E-state index contributed by atoms with van der Waals surface area (Å²) >= 11 is 8.52. The number of alkyl halides is 1. The van der Waals surface area contributed by atoms with Crippen LogP contribution in [0.4, 0.5) is 0 Å². The minimum atomic E-state index is 0.350. The van der Waals surface area contributed by atoms with Gasteiger partial charge in [-0.25, -0.2) is 0 Å². The first kappa shape index (κ1) is 14.3. The summed E-state index contributed by atoms with van der Waals surface area (Å²) in [6.45, 7) is 8.92. The highest BCUT2D eigenvalue weighted by Crippen LogP contribution is 2.40. The van der Waals surface area contributed by atoms with Crippen molar-refractivity contribution in [2.75, 3.05) is 0 Å². The predicted molar refractivity (Wildman–Crippen MR) is 83.1 cm³/mol. The average Bonchev–Trinajstić information content (AvgIpc) is 2.34. The lowest BCUT2D eigenvalue weighted by molar-refractivity contribution is 0.522. The summed E-state index contributed by atoms with van der Waals surface area (Å²) in [4.78, 5) is 1.48. The van der Waals surface area contributed by atoms with E-state index in [-0.39, 0.29) is 0 Å². The molecule has 0 spiro atoms. The molecule has 0 radical (unpaired) electrons. The average molecular weight is 283 g/mol. The molecular weight excluding hydrogens is 260 g/mol. The van der Waals surface area contributed by atoms with E-state index in [9.17, 15) is 0 Å². The second-order valence-electron chi connectivity index (χ2n) is 5.55. The topological polar surface area (TPSA) is 0 Å². The van der Waals surface area contributed by atoms with Gasteiger partial charge in [-0.3, -0.25) is 0 Å². The van der Waals surface area contributed by atoms with Crippen LogP contribution in [0, 0.1) is 27.7 Å². The van der Waals surface area contributed by atoms with Gasteiger partial charge in [0.1, 0.15) is 0 Å². The molecule has 1 saturated carbocycles. The van der Waals surface area contributed by atoms with Crippen LogP contribution in [0.15, 0.2) is 11.0 Å². The minimum absolute atomic E-state index is 0.350. The molecule has 1 aliphatic carbocycles. The van der Waals surface area contributed by atoms with Gasteiger partial charge in [0.25, 0.3) is 0 Å². The Morgan fingerprint density at radius 1 is 1.00 bits per heavy atom. The SMILES string of the molecule is Cc1cc(C)c(C)c(S[C@H]2CCCC[C@H]2Cl)c1C. The van der Waals surface area contributed by atoms with Gasteiger partial charge in [-0.2, -0.15) is 0 Å². The van der Waals surface area contributed by atoms with E-state index >= 15 is 0 Å². The molecule has 0 aromatic heterocycles. The van der Waals surface area contributed by atoms with Crippen LogP contribution in [0.3, 0.4) is 0 Å². The van der Waals surface area contributed by atoms with Crippen molar-refractivity contribution in [1.29, 1.82) is 0 Å². The van der Waals surface area contributed by atoms with Crippen molar-refractivity contribution < 1.29 is 0 Å². The third-order valence-corrected chi connectivity index (χ3v) is 6.58. The molecule has 2 rings (SSSR count). The summed E-state index contributed by atoms with van der Waals surface area (Å²) in [6, 6.07) is 2.30. The first-order valence-corrected chi connectivity index (χ1v) is 8.20. The maximum Gasteiger partial charge on any atom is 0.0458 e. The third kappa shape index (κ3) is 2.88. The van der Waals surface area contributed by atoms with Gasteiger partial charge < -0.3 is 0 Å². The summed E-state index contributed by atoms with van der Waals surface area (Å²) in [5.74, 6) is 0. The number of hydrogen-bond donors (Lipinski definition) is 0. The maximum atomic E-state index is 6.50. The van der Waals surface area contributed by atoms with Crippen LogP contribution in [0.1, 0.15) is 47.9 Å². The van der Waals surface area contributed by atoms with E-state index < -0.39 is 0 Å². The van der Waals surface area contributed by atoms with Crippen LogP contribution in [-0.2, 0) is 0 Å². The molecular formula is C16H23ClS. The van der Waals surface area contributed by atoms with E-state index in [0.717, 1.165) is 0 Å². The van der Waals surface area contributed by atoms with Crippen molar-refractivity contribution in [3.63, 3.8) is 0 Å². The van der Waals surface area contributed by atoms with Crippen molar-refractivity contribution in [3.05, 3.63) is 28.3 Å². The van der Waals surface area contributed by atoms with Crippen molar-refractivity contribution in [1.82, 2.24) is 0 Å². The summed E-state index contributed by atoms with van der Waals surface area (Å²) < 4.78 is 0. The van der Waals surface area contributed by atoms with Crippen LogP contribution < -0.4 is 0 Å². The molecule has 0 aliphatic heterocycles. The second-order valence-corrected chi connectivity index (χ2v) is 7.36. The Bertz CT molecular complexity index is 413. The van der Waals surface area contributed by atoms with Gasteiger partial charge >= 0.3 is 0 Å². The van der Waals surface area contributed by atoms with Crippen molar-refractivity contribution in [2.24, 2.45) is 0 Å². The van der Waals surface area contributed by atoms with Crippen molar-refractivity contribution in [3.8, 4) is 0 Å². The van der Waals surface area contributed by atoms with Gasteiger partial charge in [0.15, 0.2) is 0 Å². The molecule has 0 amide bonds. The molecule has 2 atom stereocenters. The number of rotatable bonds is 2. The van der Waals surface area contributed by atoms with E-state index in [1.807, 2.05) is 11.8 Å². The molecule has 0 N–H and O–H groups in total. The molecule has 1 aromatic carbocycles. The highest BCUT2D eigenvalue weighted by molar-refractivity contribution is 8.00. The Morgan fingerprint density at radius 2 is 1.56 bits per heavy atom. The molecule has 18 heavy (non-hydrogen) atoms. The summed E-state index contributed by atoms with van der Waals surface area (Å²) in [5.41, 5.74) is 5.69. The Balaban J connectivity index is 2.28. The van der Waals surface area contributed by atoms with E-state index in [1.165, 1.54) is 52.8 Å². The largest absolute Gasteiger partial charge is 0.122 e. The maximum absolute atomic E-state index is 6.50. The molecule has 0 heterocycles. The highest BCUT2D eigenvalue weighted by Gasteiger charge is 2.25. The van der Waals surface area contributed by atoms with Crippen molar-refractivity contribution >= 4 is 23.4 Å². The zero-order valence-electron chi connectivity index (χ0n) is 11.8. The lowest BCUT2D eigenvalue weighted by Gasteiger charge is -2.28. The van der Waals surface area contributed by atoms with Gasteiger partial charge in [0.05, 0.1) is 0 Å².